The fourth-order valence-electron chi connectivity index (χ4n) is 3.06. The number of fused-ring (bicyclic) bond motifs is 1. The molecular formula is C15H19N3O3. The fourth-order valence-corrected chi connectivity index (χ4v) is 3.06. The molecule has 21 heavy (non-hydrogen) atoms. The largest absolute Gasteiger partial charge is 0.480 e. The van der Waals surface area contributed by atoms with Gasteiger partial charge in [-0.2, -0.15) is 0 Å². The Morgan fingerprint density at radius 3 is 2.52 bits per heavy atom. The number of aliphatic carboxylic acids is 1. The number of carbonyl (C=O) groups excluding carboxylic acids is 1. The lowest BCUT2D eigenvalue weighted by molar-refractivity contribution is -0.138. The number of amides is 2. The summed E-state index contributed by atoms with van der Waals surface area (Å²) in [6.07, 6.45) is 1.89. The summed E-state index contributed by atoms with van der Waals surface area (Å²) in [6, 6.07) is 6.48. The number of urea groups is 1. The summed E-state index contributed by atoms with van der Waals surface area (Å²) in [6.45, 7) is 1.18. The number of likely N-dealkylation sites (tertiary alicyclic amines) is 1. The molecule has 6 heteroatoms. The highest BCUT2D eigenvalue weighted by molar-refractivity contribution is 6.01. The molecule has 0 bridgehead atoms. The van der Waals surface area contributed by atoms with Crippen LogP contribution in [0.15, 0.2) is 24.3 Å². The van der Waals surface area contributed by atoms with Crippen LogP contribution in [0, 0.1) is 0 Å². The van der Waals surface area contributed by atoms with E-state index in [1.54, 1.807) is 4.90 Å². The average molecular weight is 289 g/mol. The second-order valence-corrected chi connectivity index (χ2v) is 5.66. The minimum atomic E-state index is -0.965. The number of hydrogen-bond acceptors (Lipinski definition) is 3. The molecule has 0 unspecified atom stereocenters. The van der Waals surface area contributed by atoms with Crippen molar-refractivity contribution in [1.82, 2.24) is 4.90 Å². The van der Waals surface area contributed by atoms with Gasteiger partial charge in [-0.25, -0.2) is 9.59 Å². The monoisotopic (exact) mass is 289 g/mol. The summed E-state index contributed by atoms with van der Waals surface area (Å²) in [7, 11) is 0. The molecule has 2 aliphatic rings. The molecule has 1 saturated heterocycles. The first-order valence-electron chi connectivity index (χ1n) is 7.22. The Labute approximate surface area is 123 Å². The molecule has 3 N–H and O–H groups in total. The number of nitrogens with two attached hydrogens (primary N) is 1. The summed E-state index contributed by atoms with van der Waals surface area (Å²) in [4.78, 5) is 27.4. The van der Waals surface area contributed by atoms with Crippen LogP contribution in [0.25, 0.3) is 0 Å². The Bertz CT molecular complexity index is 567. The standard InChI is InChI=1S/C15H19N3O3/c16-11-5-7-17(8-6-11)15(21)18-12-4-2-1-3-10(12)9-13(18)14(19)20/h1-4,11,13H,5-9,16H2,(H,19,20)/t13-/m0/s1. The zero-order valence-corrected chi connectivity index (χ0v) is 11.7. The summed E-state index contributed by atoms with van der Waals surface area (Å²) < 4.78 is 0. The molecule has 112 valence electrons. The van der Waals surface area contributed by atoms with Crippen molar-refractivity contribution >= 4 is 17.7 Å². The highest BCUT2D eigenvalue weighted by atomic mass is 16.4. The van der Waals surface area contributed by atoms with Crippen LogP contribution in [0.5, 0.6) is 0 Å². The Morgan fingerprint density at radius 2 is 1.86 bits per heavy atom. The van der Waals surface area contributed by atoms with Crippen molar-refractivity contribution in [3.8, 4) is 0 Å². The molecule has 1 aromatic rings. The van der Waals surface area contributed by atoms with E-state index >= 15 is 0 Å². The molecule has 1 aromatic carbocycles. The van der Waals surface area contributed by atoms with Crippen LogP contribution in [0.1, 0.15) is 18.4 Å². The molecule has 1 atom stereocenters. The smallest absolute Gasteiger partial charge is 0.327 e. The van der Waals surface area contributed by atoms with Gasteiger partial charge in [0.05, 0.1) is 0 Å². The maximum Gasteiger partial charge on any atom is 0.327 e. The Kier molecular flexibility index (Phi) is 3.55. The van der Waals surface area contributed by atoms with E-state index in [1.807, 2.05) is 24.3 Å². The molecular weight excluding hydrogens is 270 g/mol. The average Bonchev–Trinajstić information content (AvgIpc) is 2.87. The van der Waals surface area contributed by atoms with E-state index in [1.165, 1.54) is 4.90 Å². The van der Waals surface area contributed by atoms with Crippen molar-refractivity contribution in [3.05, 3.63) is 29.8 Å². The van der Waals surface area contributed by atoms with Crippen LogP contribution in [0.3, 0.4) is 0 Å². The minimum absolute atomic E-state index is 0.134. The quantitative estimate of drug-likeness (QED) is 0.809. The third-order valence-corrected chi connectivity index (χ3v) is 4.28. The van der Waals surface area contributed by atoms with Crippen LogP contribution in [0.4, 0.5) is 10.5 Å². The molecule has 0 aromatic heterocycles. The first-order valence-corrected chi connectivity index (χ1v) is 7.22. The van der Waals surface area contributed by atoms with Crippen molar-refractivity contribution in [3.63, 3.8) is 0 Å². The minimum Gasteiger partial charge on any atom is -0.480 e. The number of benzene rings is 1. The summed E-state index contributed by atoms with van der Waals surface area (Å²) in [5, 5.41) is 9.41. The van der Waals surface area contributed by atoms with Crippen LogP contribution in [-0.2, 0) is 11.2 Å². The number of carboxylic acid groups (broad SMARTS) is 1. The van der Waals surface area contributed by atoms with Gasteiger partial charge in [-0.1, -0.05) is 18.2 Å². The highest BCUT2D eigenvalue weighted by Crippen LogP contribution is 2.33. The molecule has 0 aliphatic carbocycles. The van der Waals surface area contributed by atoms with E-state index in [-0.39, 0.29) is 12.1 Å². The Balaban J connectivity index is 1.87. The maximum atomic E-state index is 12.7. The van der Waals surface area contributed by atoms with E-state index in [0.717, 1.165) is 18.4 Å². The van der Waals surface area contributed by atoms with Crippen molar-refractivity contribution < 1.29 is 14.7 Å². The number of rotatable bonds is 1. The van der Waals surface area contributed by atoms with Crippen LogP contribution in [0.2, 0.25) is 0 Å². The number of carbonyl (C=O) groups is 2. The van der Waals surface area contributed by atoms with Gasteiger partial charge in [0.1, 0.15) is 6.04 Å². The van der Waals surface area contributed by atoms with Gasteiger partial charge in [-0.15, -0.1) is 0 Å². The highest BCUT2D eigenvalue weighted by Gasteiger charge is 2.40. The molecule has 0 spiro atoms. The molecule has 2 aliphatic heterocycles. The summed E-state index contributed by atoms with van der Waals surface area (Å²) >= 11 is 0. The van der Waals surface area contributed by atoms with Crippen molar-refractivity contribution in [1.29, 1.82) is 0 Å². The second-order valence-electron chi connectivity index (χ2n) is 5.66. The lowest BCUT2D eigenvalue weighted by Gasteiger charge is -2.34. The molecule has 2 heterocycles. The van der Waals surface area contributed by atoms with Gasteiger partial charge >= 0.3 is 12.0 Å². The molecule has 3 rings (SSSR count). The zero-order chi connectivity index (χ0) is 15.0. The molecule has 2 amide bonds. The first-order chi connectivity index (χ1) is 10.1. The number of nitrogens with zero attached hydrogens (tertiary/aromatic N) is 2. The van der Waals surface area contributed by atoms with Crippen molar-refractivity contribution in [2.45, 2.75) is 31.3 Å². The van der Waals surface area contributed by atoms with Gasteiger partial charge in [0.15, 0.2) is 0 Å². The second kappa shape index (κ2) is 5.37. The van der Waals surface area contributed by atoms with Gasteiger partial charge < -0.3 is 15.7 Å². The number of carboxylic acids is 1. The van der Waals surface area contributed by atoms with Gasteiger partial charge in [-0.05, 0) is 24.5 Å². The van der Waals surface area contributed by atoms with E-state index in [2.05, 4.69) is 0 Å². The van der Waals surface area contributed by atoms with Gasteiger partial charge in [-0.3, -0.25) is 4.90 Å². The third-order valence-electron chi connectivity index (χ3n) is 4.28. The zero-order valence-electron chi connectivity index (χ0n) is 11.7. The first kappa shape index (κ1) is 13.9. The third kappa shape index (κ3) is 2.47. The van der Waals surface area contributed by atoms with Crippen LogP contribution in [-0.4, -0.2) is 47.2 Å². The van der Waals surface area contributed by atoms with Crippen LogP contribution < -0.4 is 10.6 Å². The number of hydrogen-bond donors (Lipinski definition) is 2. The van der Waals surface area contributed by atoms with E-state index in [0.29, 0.717) is 25.2 Å². The van der Waals surface area contributed by atoms with Gasteiger partial charge in [0.2, 0.25) is 0 Å². The molecule has 0 saturated carbocycles. The van der Waals surface area contributed by atoms with Gasteiger partial charge in [0, 0.05) is 31.2 Å². The normalized spacial score (nSPS) is 22.2. The summed E-state index contributed by atoms with van der Waals surface area (Å²) in [5.41, 5.74) is 7.48. The van der Waals surface area contributed by atoms with E-state index < -0.39 is 12.0 Å². The molecule has 0 radical (unpaired) electrons. The van der Waals surface area contributed by atoms with E-state index in [9.17, 15) is 14.7 Å². The molecule has 1 fully saturated rings. The number of piperidine rings is 1. The van der Waals surface area contributed by atoms with E-state index in [4.69, 9.17) is 5.73 Å². The predicted molar refractivity (Wildman–Crippen MR) is 78.2 cm³/mol. The van der Waals surface area contributed by atoms with Crippen LogP contribution >= 0.6 is 0 Å². The van der Waals surface area contributed by atoms with Crippen molar-refractivity contribution in [2.24, 2.45) is 5.73 Å². The summed E-state index contributed by atoms with van der Waals surface area (Å²) in [5.74, 6) is -0.965. The molecule has 6 nitrogen and oxygen atoms in total. The van der Waals surface area contributed by atoms with Crippen molar-refractivity contribution in [2.75, 3.05) is 18.0 Å². The topological polar surface area (TPSA) is 86.9 Å². The number of anilines is 1. The SMILES string of the molecule is NC1CCN(C(=O)N2c3ccccc3C[C@H]2C(=O)O)CC1. The Morgan fingerprint density at radius 1 is 1.19 bits per heavy atom. The fraction of sp³-hybridized carbons (Fsp3) is 0.467. The maximum absolute atomic E-state index is 12.7. The lowest BCUT2D eigenvalue weighted by atomic mass is 10.1. The lowest BCUT2D eigenvalue weighted by Crippen LogP contribution is -2.52. The predicted octanol–water partition coefficient (Wildman–Crippen LogP) is 1.05. The Hall–Kier alpha value is -2.08. The van der Waals surface area contributed by atoms with Gasteiger partial charge in [0.25, 0.3) is 0 Å². The number of para-hydroxylation sites is 1.